The number of carbonyl (C=O) groups is 1. The predicted octanol–water partition coefficient (Wildman–Crippen LogP) is 3.17. The molecule has 1 aromatic carbocycles. The van der Waals surface area contributed by atoms with Gasteiger partial charge in [-0.15, -0.1) is 0 Å². The molecule has 0 spiro atoms. The first-order chi connectivity index (χ1) is 12.0. The van der Waals surface area contributed by atoms with E-state index in [0.29, 0.717) is 5.89 Å². The lowest BCUT2D eigenvalue weighted by atomic mass is 9.85. The van der Waals surface area contributed by atoms with E-state index in [-0.39, 0.29) is 30.1 Å². The number of aliphatic hydroxyl groups excluding tert-OH is 1. The van der Waals surface area contributed by atoms with Gasteiger partial charge in [0.2, 0.25) is 0 Å². The number of carbonyl (C=O) groups excluding carboxylic acids is 1. The van der Waals surface area contributed by atoms with E-state index < -0.39 is 29.7 Å². The number of hydrogen-bond acceptors (Lipinski definition) is 4. The summed E-state index contributed by atoms with van der Waals surface area (Å²) in [6.07, 6.45) is 3.77. The summed E-state index contributed by atoms with van der Waals surface area (Å²) in [5, 5.41) is 9.97. The standard InChI is InChI=1S/C18H18F2N2O3/c19-11-4-5-14(20)13(6-11)16-7-12(23)8-22(16)18(24)15-9-25-17(21-15)10-2-1-3-10/h4-6,9-10,12,16,23H,1-3,7-8H2/t12-,16+/m1/s1. The smallest absolute Gasteiger partial charge is 0.276 e. The maximum atomic E-state index is 14.1. The van der Waals surface area contributed by atoms with Crippen LogP contribution in [0.5, 0.6) is 0 Å². The summed E-state index contributed by atoms with van der Waals surface area (Å²) < 4.78 is 33.1. The number of aliphatic hydroxyl groups is 1. The van der Waals surface area contributed by atoms with Crippen LogP contribution < -0.4 is 0 Å². The number of rotatable bonds is 3. The quantitative estimate of drug-likeness (QED) is 0.925. The second-order valence-corrected chi connectivity index (χ2v) is 6.73. The number of amides is 1. The first-order valence-electron chi connectivity index (χ1n) is 8.42. The van der Waals surface area contributed by atoms with Gasteiger partial charge in [0.15, 0.2) is 11.6 Å². The van der Waals surface area contributed by atoms with Crippen LogP contribution in [0.25, 0.3) is 0 Å². The topological polar surface area (TPSA) is 66.6 Å². The Hall–Kier alpha value is -2.28. The fraction of sp³-hybridized carbons (Fsp3) is 0.444. The molecular formula is C18H18F2N2O3. The molecule has 2 aromatic rings. The Labute approximate surface area is 143 Å². The van der Waals surface area contributed by atoms with Crippen molar-refractivity contribution in [2.24, 2.45) is 0 Å². The number of benzene rings is 1. The molecule has 1 amide bonds. The number of halogens is 2. The third-order valence-corrected chi connectivity index (χ3v) is 5.05. The van der Waals surface area contributed by atoms with E-state index >= 15 is 0 Å². The summed E-state index contributed by atoms with van der Waals surface area (Å²) >= 11 is 0. The summed E-state index contributed by atoms with van der Waals surface area (Å²) in [5.41, 5.74) is 0.199. The molecule has 1 aliphatic carbocycles. The van der Waals surface area contributed by atoms with Gasteiger partial charge >= 0.3 is 0 Å². The molecule has 5 nitrogen and oxygen atoms in total. The molecule has 7 heteroatoms. The Morgan fingerprint density at radius 2 is 2.12 bits per heavy atom. The van der Waals surface area contributed by atoms with E-state index in [0.717, 1.165) is 37.5 Å². The number of hydrogen-bond donors (Lipinski definition) is 1. The van der Waals surface area contributed by atoms with Crippen LogP contribution in [0, 0.1) is 11.6 Å². The number of aromatic nitrogens is 1. The molecule has 0 radical (unpaired) electrons. The van der Waals surface area contributed by atoms with Crippen molar-refractivity contribution in [3.63, 3.8) is 0 Å². The molecule has 2 fully saturated rings. The summed E-state index contributed by atoms with van der Waals surface area (Å²) in [6.45, 7) is 0.0467. The Balaban J connectivity index is 1.61. The van der Waals surface area contributed by atoms with E-state index in [1.807, 2.05) is 0 Å². The van der Waals surface area contributed by atoms with Crippen LogP contribution in [0.15, 0.2) is 28.9 Å². The fourth-order valence-electron chi connectivity index (χ4n) is 3.48. The predicted molar refractivity (Wildman–Crippen MR) is 83.9 cm³/mol. The molecule has 132 valence electrons. The molecule has 2 aliphatic rings. The third-order valence-electron chi connectivity index (χ3n) is 5.05. The minimum absolute atomic E-state index is 0.0467. The van der Waals surface area contributed by atoms with Gasteiger partial charge < -0.3 is 14.4 Å². The summed E-state index contributed by atoms with van der Waals surface area (Å²) in [7, 11) is 0. The lowest BCUT2D eigenvalue weighted by molar-refractivity contribution is 0.0707. The van der Waals surface area contributed by atoms with Crippen LogP contribution in [0.1, 0.15) is 59.6 Å². The lowest BCUT2D eigenvalue weighted by Gasteiger charge is -2.24. The first-order valence-corrected chi connectivity index (χ1v) is 8.42. The largest absolute Gasteiger partial charge is 0.448 e. The summed E-state index contributed by atoms with van der Waals surface area (Å²) in [4.78, 5) is 18.4. The maximum absolute atomic E-state index is 14.1. The molecule has 1 saturated carbocycles. The van der Waals surface area contributed by atoms with Crippen LogP contribution in [0.4, 0.5) is 8.78 Å². The molecule has 0 bridgehead atoms. The van der Waals surface area contributed by atoms with Gasteiger partial charge in [0.25, 0.3) is 5.91 Å². The van der Waals surface area contributed by atoms with Crippen molar-refractivity contribution in [3.8, 4) is 0 Å². The zero-order valence-corrected chi connectivity index (χ0v) is 13.5. The highest BCUT2D eigenvalue weighted by molar-refractivity contribution is 5.92. The highest BCUT2D eigenvalue weighted by Gasteiger charge is 2.38. The monoisotopic (exact) mass is 348 g/mol. The molecule has 0 unspecified atom stereocenters. The number of nitrogens with zero attached hydrogens (tertiary/aromatic N) is 2. The van der Waals surface area contributed by atoms with Crippen molar-refractivity contribution in [1.82, 2.24) is 9.88 Å². The van der Waals surface area contributed by atoms with Crippen LogP contribution in [0.3, 0.4) is 0 Å². The highest BCUT2D eigenvalue weighted by Crippen LogP contribution is 2.37. The van der Waals surface area contributed by atoms with E-state index in [1.165, 1.54) is 11.2 Å². The summed E-state index contributed by atoms with van der Waals surface area (Å²) in [6, 6.07) is 2.39. The van der Waals surface area contributed by atoms with E-state index in [2.05, 4.69) is 4.98 Å². The summed E-state index contributed by atoms with van der Waals surface area (Å²) in [5.74, 6) is -0.836. The SMILES string of the molecule is O=C(c1coc(C2CCC2)n1)N1C[C@H](O)C[C@H]1c1cc(F)ccc1F. The second kappa shape index (κ2) is 6.22. The molecule has 1 aromatic heterocycles. The van der Waals surface area contributed by atoms with Gasteiger partial charge in [0.1, 0.15) is 17.9 Å². The van der Waals surface area contributed by atoms with Crippen LogP contribution in [0.2, 0.25) is 0 Å². The van der Waals surface area contributed by atoms with E-state index in [4.69, 9.17) is 4.42 Å². The molecule has 4 rings (SSSR count). The van der Waals surface area contributed by atoms with Crippen molar-refractivity contribution in [2.45, 2.75) is 43.7 Å². The van der Waals surface area contributed by atoms with Crippen molar-refractivity contribution >= 4 is 5.91 Å². The number of β-amino-alcohol motifs (C(OH)–C–C–N with tert-alkyl or cyclic N) is 1. The molecule has 2 heterocycles. The van der Waals surface area contributed by atoms with E-state index in [9.17, 15) is 18.7 Å². The zero-order chi connectivity index (χ0) is 17.6. The minimum atomic E-state index is -0.797. The first kappa shape index (κ1) is 16.2. The minimum Gasteiger partial charge on any atom is -0.448 e. The number of likely N-dealkylation sites (tertiary alicyclic amines) is 1. The van der Waals surface area contributed by atoms with Crippen molar-refractivity contribution in [2.75, 3.05) is 6.54 Å². The maximum Gasteiger partial charge on any atom is 0.276 e. The zero-order valence-electron chi connectivity index (χ0n) is 13.5. The Morgan fingerprint density at radius 1 is 1.32 bits per heavy atom. The lowest BCUT2D eigenvalue weighted by Crippen LogP contribution is -2.32. The van der Waals surface area contributed by atoms with Crippen molar-refractivity contribution in [1.29, 1.82) is 0 Å². The third kappa shape index (κ3) is 2.93. The van der Waals surface area contributed by atoms with Crippen molar-refractivity contribution in [3.05, 3.63) is 53.2 Å². The number of oxazole rings is 1. The average molecular weight is 348 g/mol. The average Bonchev–Trinajstić information content (AvgIpc) is 3.14. The van der Waals surface area contributed by atoms with Crippen LogP contribution in [-0.4, -0.2) is 33.5 Å². The molecule has 2 atom stereocenters. The fourth-order valence-corrected chi connectivity index (χ4v) is 3.48. The molecule has 1 aliphatic heterocycles. The van der Waals surface area contributed by atoms with Gasteiger partial charge in [-0.1, -0.05) is 6.42 Å². The second-order valence-electron chi connectivity index (χ2n) is 6.73. The Kier molecular flexibility index (Phi) is 4.03. The van der Waals surface area contributed by atoms with Gasteiger partial charge in [-0.05, 0) is 37.5 Å². The molecular weight excluding hydrogens is 330 g/mol. The molecule has 1 N–H and O–H groups in total. The van der Waals surface area contributed by atoms with Gasteiger partial charge in [-0.25, -0.2) is 13.8 Å². The van der Waals surface area contributed by atoms with Crippen LogP contribution >= 0.6 is 0 Å². The Morgan fingerprint density at radius 3 is 2.84 bits per heavy atom. The molecule has 1 saturated heterocycles. The van der Waals surface area contributed by atoms with Gasteiger partial charge in [0, 0.05) is 18.0 Å². The van der Waals surface area contributed by atoms with Gasteiger partial charge in [0.05, 0.1) is 12.1 Å². The van der Waals surface area contributed by atoms with Gasteiger partial charge in [-0.2, -0.15) is 0 Å². The van der Waals surface area contributed by atoms with Gasteiger partial charge in [-0.3, -0.25) is 4.79 Å². The normalized spacial score (nSPS) is 23.7. The van der Waals surface area contributed by atoms with Crippen molar-refractivity contribution < 1.29 is 23.1 Å². The Bertz CT molecular complexity index is 803. The van der Waals surface area contributed by atoms with E-state index in [1.54, 1.807) is 0 Å². The highest BCUT2D eigenvalue weighted by atomic mass is 19.1. The van der Waals surface area contributed by atoms with Crippen LogP contribution in [-0.2, 0) is 0 Å². The molecule has 25 heavy (non-hydrogen) atoms.